The predicted octanol–water partition coefficient (Wildman–Crippen LogP) is 5.31. The molecular weight excluding hydrogens is 317 g/mol. The third kappa shape index (κ3) is 2.72. The van der Waals surface area contributed by atoms with Crippen LogP contribution in [0, 0.1) is 0 Å². The molecule has 6 heteroatoms. The summed E-state index contributed by atoms with van der Waals surface area (Å²) in [4.78, 5) is 0. The molecule has 0 aliphatic carbocycles. The van der Waals surface area contributed by atoms with Gasteiger partial charge in [0.1, 0.15) is 11.3 Å². The number of aromatic nitrogens is 2. The third-order valence-electron chi connectivity index (χ3n) is 3.89. The molecule has 3 nitrogen and oxygen atoms in total. The molecule has 126 valence electrons. The van der Waals surface area contributed by atoms with Gasteiger partial charge in [-0.05, 0) is 44.2 Å². The third-order valence-corrected chi connectivity index (χ3v) is 3.89. The highest BCUT2D eigenvalue weighted by Gasteiger charge is 2.34. The van der Waals surface area contributed by atoms with Crippen LogP contribution in [0.15, 0.2) is 42.5 Å². The molecule has 0 bridgehead atoms. The standard InChI is InChI=1S/C18H17F3N2O/c1-11(2)23-17(12-7-9-13(24-3)10-8-12)14-5-4-6-15(16(14)22-23)18(19,20)21/h4-11H,1-3H3. The van der Waals surface area contributed by atoms with Gasteiger partial charge < -0.3 is 4.74 Å². The fourth-order valence-corrected chi connectivity index (χ4v) is 2.76. The maximum Gasteiger partial charge on any atom is 0.418 e. The van der Waals surface area contributed by atoms with E-state index < -0.39 is 11.7 Å². The Morgan fingerprint density at radius 3 is 2.25 bits per heavy atom. The fourth-order valence-electron chi connectivity index (χ4n) is 2.76. The largest absolute Gasteiger partial charge is 0.497 e. The van der Waals surface area contributed by atoms with Crippen LogP contribution in [0.4, 0.5) is 13.2 Å². The van der Waals surface area contributed by atoms with Crippen molar-refractivity contribution in [3.05, 3.63) is 48.0 Å². The molecule has 1 heterocycles. The Labute approximate surface area is 137 Å². The van der Waals surface area contributed by atoms with Gasteiger partial charge in [-0.2, -0.15) is 18.3 Å². The van der Waals surface area contributed by atoms with Gasteiger partial charge >= 0.3 is 6.18 Å². The van der Waals surface area contributed by atoms with Gasteiger partial charge in [-0.25, -0.2) is 0 Å². The number of fused-ring (bicyclic) bond motifs is 1. The molecule has 0 saturated carbocycles. The van der Waals surface area contributed by atoms with Crippen molar-refractivity contribution in [3.63, 3.8) is 0 Å². The molecule has 0 fully saturated rings. The van der Waals surface area contributed by atoms with Crippen LogP contribution in [0.2, 0.25) is 0 Å². The van der Waals surface area contributed by atoms with Gasteiger partial charge in [0.05, 0.1) is 18.4 Å². The summed E-state index contributed by atoms with van der Waals surface area (Å²) in [6.07, 6.45) is -4.44. The molecule has 0 N–H and O–H groups in total. The summed E-state index contributed by atoms with van der Waals surface area (Å²) in [5.41, 5.74) is 0.735. The SMILES string of the molecule is COc1ccc(-c2c3cccc(C(F)(F)F)c3nn2C(C)C)cc1. The molecule has 0 aliphatic rings. The van der Waals surface area contributed by atoms with Crippen LogP contribution < -0.4 is 4.74 Å². The van der Waals surface area contributed by atoms with Crippen molar-refractivity contribution >= 4 is 10.9 Å². The van der Waals surface area contributed by atoms with E-state index in [0.717, 1.165) is 11.6 Å². The lowest BCUT2D eigenvalue weighted by atomic mass is 10.0. The molecule has 0 spiro atoms. The number of nitrogens with zero attached hydrogens (tertiary/aromatic N) is 2. The van der Waals surface area contributed by atoms with E-state index in [2.05, 4.69) is 5.10 Å². The summed E-state index contributed by atoms with van der Waals surface area (Å²) in [5, 5.41) is 4.75. The van der Waals surface area contributed by atoms with Gasteiger partial charge in [-0.3, -0.25) is 4.68 Å². The first-order valence-electron chi connectivity index (χ1n) is 7.55. The minimum Gasteiger partial charge on any atom is -0.497 e. The predicted molar refractivity (Wildman–Crippen MR) is 87.1 cm³/mol. The molecule has 0 unspecified atom stereocenters. The second-order valence-corrected chi connectivity index (χ2v) is 5.81. The number of ether oxygens (including phenoxy) is 1. The van der Waals surface area contributed by atoms with Gasteiger partial charge in [-0.1, -0.05) is 12.1 Å². The molecule has 0 aliphatic heterocycles. The number of halogens is 3. The van der Waals surface area contributed by atoms with Gasteiger partial charge in [0.15, 0.2) is 0 Å². The van der Waals surface area contributed by atoms with Crippen molar-refractivity contribution in [1.29, 1.82) is 0 Å². The summed E-state index contributed by atoms with van der Waals surface area (Å²) in [6, 6.07) is 11.3. The highest BCUT2D eigenvalue weighted by atomic mass is 19.4. The highest BCUT2D eigenvalue weighted by Crippen LogP contribution is 2.39. The van der Waals surface area contributed by atoms with E-state index in [9.17, 15) is 13.2 Å². The lowest BCUT2D eigenvalue weighted by Crippen LogP contribution is -2.07. The summed E-state index contributed by atoms with van der Waals surface area (Å²) >= 11 is 0. The van der Waals surface area contributed by atoms with E-state index in [1.54, 1.807) is 30.0 Å². The maximum atomic E-state index is 13.3. The molecule has 0 radical (unpaired) electrons. The van der Waals surface area contributed by atoms with E-state index in [1.165, 1.54) is 6.07 Å². The van der Waals surface area contributed by atoms with Crippen molar-refractivity contribution < 1.29 is 17.9 Å². The summed E-state index contributed by atoms with van der Waals surface area (Å²) in [5.74, 6) is 0.689. The zero-order valence-corrected chi connectivity index (χ0v) is 13.6. The lowest BCUT2D eigenvalue weighted by molar-refractivity contribution is -0.136. The number of methoxy groups -OCH3 is 1. The van der Waals surface area contributed by atoms with Crippen LogP contribution in [-0.4, -0.2) is 16.9 Å². The quantitative estimate of drug-likeness (QED) is 0.649. The molecule has 0 amide bonds. The summed E-state index contributed by atoms with van der Waals surface area (Å²) in [6.45, 7) is 3.79. The Morgan fingerprint density at radius 1 is 1.04 bits per heavy atom. The number of rotatable bonds is 3. The Bertz CT molecular complexity index is 864. The first kappa shape index (κ1) is 16.4. The van der Waals surface area contributed by atoms with Gasteiger partial charge in [0.2, 0.25) is 0 Å². The molecular formula is C18H17F3N2O. The van der Waals surface area contributed by atoms with E-state index in [1.807, 2.05) is 26.0 Å². The zero-order chi connectivity index (χ0) is 17.5. The van der Waals surface area contributed by atoms with Crippen molar-refractivity contribution in [3.8, 4) is 17.0 Å². The van der Waals surface area contributed by atoms with Crippen molar-refractivity contribution in [1.82, 2.24) is 9.78 Å². The first-order chi connectivity index (χ1) is 11.3. The fraction of sp³-hybridized carbons (Fsp3) is 0.278. The van der Waals surface area contributed by atoms with Gasteiger partial charge in [0.25, 0.3) is 0 Å². The number of alkyl halides is 3. The van der Waals surface area contributed by atoms with Crippen LogP contribution in [0.5, 0.6) is 5.75 Å². The van der Waals surface area contributed by atoms with Crippen molar-refractivity contribution in [2.45, 2.75) is 26.1 Å². The molecule has 24 heavy (non-hydrogen) atoms. The first-order valence-corrected chi connectivity index (χ1v) is 7.55. The second kappa shape index (κ2) is 5.85. The maximum absolute atomic E-state index is 13.3. The van der Waals surface area contributed by atoms with Gasteiger partial charge in [-0.15, -0.1) is 0 Å². The minimum absolute atomic E-state index is 0.0236. The van der Waals surface area contributed by atoms with Crippen molar-refractivity contribution in [2.24, 2.45) is 0 Å². The molecule has 3 aromatic rings. The number of hydrogen-bond donors (Lipinski definition) is 0. The summed E-state index contributed by atoms with van der Waals surface area (Å²) in [7, 11) is 1.57. The highest BCUT2D eigenvalue weighted by molar-refractivity contribution is 5.95. The zero-order valence-electron chi connectivity index (χ0n) is 13.6. The van der Waals surface area contributed by atoms with Crippen LogP contribution in [-0.2, 0) is 6.18 Å². The van der Waals surface area contributed by atoms with E-state index in [4.69, 9.17) is 4.74 Å². The van der Waals surface area contributed by atoms with Crippen LogP contribution in [0.1, 0.15) is 25.5 Å². The van der Waals surface area contributed by atoms with Crippen LogP contribution >= 0.6 is 0 Å². The van der Waals surface area contributed by atoms with E-state index in [0.29, 0.717) is 16.8 Å². The average molecular weight is 334 g/mol. The Morgan fingerprint density at radius 2 is 1.71 bits per heavy atom. The molecule has 0 saturated heterocycles. The van der Waals surface area contributed by atoms with Crippen LogP contribution in [0.3, 0.4) is 0 Å². The summed E-state index contributed by atoms with van der Waals surface area (Å²) < 4.78 is 46.7. The molecule has 3 rings (SSSR count). The molecule has 2 aromatic carbocycles. The Balaban J connectivity index is 2.31. The topological polar surface area (TPSA) is 27.1 Å². The minimum atomic E-state index is -4.44. The van der Waals surface area contributed by atoms with E-state index >= 15 is 0 Å². The number of benzene rings is 2. The van der Waals surface area contributed by atoms with Crippen molar-refractivity contribution in [2.75, 3.05) is 7.11 Å². The van der Waals surface area contributed by atoms with Gasteiger partial charge in [0, 0.05) is 17.0 Å². The van der Waals surface area contributed by atoms with E-state index in [-0.39, 0.29) is 11.6 Å². The molecule has 1 aromatic heterocycles. The monoisotopic (exact) mass is 334 g/mol. The number of hydrogen-bond acceptors (Lipinski definition) is 2. The smallest absolute Gasteiger partial charge is 0.418 e. The Hall–Kier alpha value is -2.50. The lowest BCUT2D eigenvalue weighted by Gasteiger charge is -2.11. The second-order valence-electron chi connectivity index (χ2n) is 5.81. The normalized spacial score (nSPS) is 12.1. The average Bonchev–Trinajstić information content (AvgIpc) is 2.93. The molecule has 0 atom stereocenters. The Kier molecular flexibility index (Phi) is 3.99. The van der Waals surface area contributed by atoms with Crippen LogP contribution in [0.25, 0.3) is 22.2 Å².